The number of carbonyl (C=O) groups excluding carboxylic acids is 1. The minimum atomic E-state index is -1.57. The first kappa shape index (κ1) is 43.2. The van der Waals surface area contributed by atoms with Crippen molar-refractivity contribution in [3.63, 3.8) is 0 Å². The quantitative estimate of drug-likeness (QED) is 0.0445. The van der Waals surface area contributed by atoms with Crippen LogP contribution in [-0.2, 0) is 14.3 Å². The van der Waals surface area contributed by atoms with Crippen LogP contribution in [0.15, 0.2) is 48.6 Å². The van der Waals surface area contributed by atoms with Crippen molar-refractivity contribution in [3.8, 4) is 0 Å². The van der Waals surface area contributed by atoms with Gasteiger partial charge in [0.1, 0.15) is 24.4 Å². The van der Waals surface area contributed by atoms with Crippen molar-refractivity contribution in [3.05, 3.63) is 48.6 Å². The highest BCUT2D eigenvalue weighted by molar-refractivity contribution is 5.76. The van der Waals surface area contributed by atoms with Gasteiger partial charge in [-0.15, -0.1) is 0 Å². The normalized spacial score (nSPS) is 23.4. The Morgan fingerprint density at radius 1 is 0.702 bits per heavy atom. The lowest BCUT2D eigenvalue weighted by Crippen LogP contribution is -2.60. The molecule has 6 N–H and O–H groups in total. The molecule has 47 heavy (non-hydrogen) atoms. The molecule has 1 aliphatic heterocycles. The van der Waals surface area contributed by atoms with Crippen LogP contribution in [0.2, 0.25) is 0 Å². The number of allylic oxidation sites excluding steroid dienone is 7. The number of hydrogen-bond acceptors (Lipinski definition) is 8. The number of carbonyl (C=O) groups is 1. The summed E-state index contributed by atoms with van der Waals surface area (Å²) in [7, 11) is 0. The fraction of sp³-hybridized carbons (Fsp3) is 0.763. The van der Waals surface area contributed by atoms with E-state index in [-0.39, 0.29) is 12.5 Å². The van der Waals surface area contributed by atoms with E-state index in [4.69, 9.17) is 9.47 Å². The summed E-state index contributed by atoms with van der Waals surface area (Å²) < 4.78 is 11.1. The second-order valence-electron chi connectivity index (χ2n) is 12.6. The van der Waals surface area contributed by atoms with Gasteiger partial charge in [0.2, 0.25) is 5.91 Å². The largest absolute Gasteiger partial charge is 0.394 e. The number of unbranched alkanes of at least 4 members (excludes halogenated alkanes) is 12. The highest BCUT2D eigenvalue weighted by Gasteiger charge is 2.44. The SMILES string of the molecule is CCCC/C=C/CC/C=C/CC/C=C/C(O)C(COC1OC(CO)C(O)C(O)C1O)NC(=O)CCCCCCC/C=C\CCCCC. The predicted octanol–water partition coefficient (Wildman–Crippen LogP) is 5.94. The van der Waals surface area contributed by atoms with Gasteiger partial charge in [0.25, 0.3) is 0 Å². The maximum atomic E-state index is 12.8. The third-order valence-electron chi connectivity index (χ3n) is 8.35. The molecule has 1 aliphatic rings. The number of aliphatic hydroxyl groups excluding tert-OH is 5. The number of ether oxygens (including phenoxy) is 2. The first-order chi connectivity index (χ1) is 22.8. The first-order valence-corrected chi connectivity index (χ1v) is 18.4. The number of nitrogens with one attached hydrogen (secondary N) is 1. The van der Waals surface area contributed by atoms with E-state index in [0.717, 1.165) is 77.0 Å². The molecule has 0 saturated carbocycles. The smallest absolute Gasteiger partial charge is 0.220 e. The number of amides is 1. The van der Waals surface area contributed by atoms with E-state index in [1.165, 1.54) is 32.1 Å². The van der Waals surface area contributed by atoms with Crippen LogP contribution < -0.4 is 5.32 Å². The molecule has 0 aliphatic carbocycles. The van der Waals surface area contributed by atoms with Gasteiger partial charge < -0.3 is 40.3 Å². The molecule has 9 heteroatoms. The fourth-order valence-electron chi connectivity index (χ4n) is 5.28. The molecule has 272 valence electrons. The number of aliphatic hydroxyl groups is 5. The zero-order chi connectivity index (χ0) is 34.5. The van der Waals surface area contributed by atoms with E-state index >= 15 is 0 Å². The molecule has 0 radical (unpaired) electrons. The fourth-order valence-corrected chi connectivity index (χ4v) is 5.28. The third-order valence-corrected chi connectivity index (χ3v) is 8.35. The van der Waals surface area contributed by atoms with Crippen LogP contribution >= 0.6 is 0 Å². The predicted molar refractivity (Wildman–Crippen MR) is 189 cm³/mol. The van der Waals surface area contributed by atoms with E-state index in [0.29, 0.717) is 6.42 Å². The molecule has 0 aromatic carbocycles. The van der Waals surface area contributed by atoms with Crippen LogP contribution in [-0.4, -0.2) is 87.5 Å². The van der Waals surface area contributed by atoms with Crippen molar-refractivity contribution in [1.29, 1.82) is 0 Å². The Bertz CT molecular complexity index is 874. The van der Waals surface area contributed by atoms with Crippen LogP contribution in [0.3, 0.4) is 0 Å². The Morgan fingerprint density at radius 2 is 1.23 bits per heavy atom. The standard InChI is InChI=1S/C38H67NO8/c1-3-5-7-9-11-13-15-17-19-21-23-25-27-32(41)31(30-46-38-37(45)36(44)35(43)33(29-40)47-38)39-34(42)28-26-24-22-20-18-16-14-12-10-8-6-4-2/h9,11-12,14,17,19,25,27,31-33,35-38,40-41,43-45H,3-8,10,13,15-16,18,20-24,26,28-30H2,1-2H3,(H,39,42)/b11-9+,14-12-,19-17+,27-25+. The van der Waals surface area contributed by atoms with Crippen LogP contribution in [0, 0.1) is 0 Å². The summed E-state index contributed by atoms with van der Waals surface area (Å²) in [6.07, 6.45) is 27.3. The molecule has 1 heterocycles. The van der Waals surface area contributed by atoms with Crippen molar-refractivity contribution < 1.29 is 39.8 Å². The molecule has 1 saturated heterocycles. The second-order valence-corrected chi connectivity index (χ2v) is 12.6. The molecule has 1 amide bonds. The minimum Gasteiger partial charge on any atom is -0.394 e. The maximum absolute atomic E-state index is 12.8. The zero-order valence-corrected chi connectivity index (χ0v) is 29.3. The molecular weight excluding hydrogens is 598 g/mol. The third kappa shape index (κ3) is 21.0. The zero-order valence-electron chi connectivity index (χ0n) is 29.3. The van der Waals surface area contributed by atoms with Crippen LogP contribution in [0.4, 0.5) is 0 Å². The molecule has 7 unspecified atom stereocenters. The molecule has 0 bridgehead atoms. The van der Waals surface area contributed by atoms with Crippen molar-refractivity contribution >= 4 is 5.91 Å². The van der Waals surface area contributed by atoms with Gasteiger partial charge in [0, 0.05) is 6.42 Å². The van der Waals surface area contributed by atoms with Crippen molar-refractivity contribution in [1.82, 2.24) is 5.32 Å². The van der Waals surface area contributed by atoms with Gasteiger partial charge >= 0.3 is 0 Å². The highest BCUT2D eigenvalue weighted by atomic mass is 16.7. The van der Waals surface area contributed by atoms with Gasteiger partial charge in [0.05, 0.1) is 25.4 Å². The van der Waals surface area contributed by atoms with E-state index in [1.54, 1.807) is 6.08 Å². The summed E-state index contributed by atoms with van der Waals surface area (Å²) in [6.45, 7) is 3.62. The summed E-state index contributed by atoms with van der Waals surface area (Å²) >= 11 is 0. The Hall–Kier alpha value is -1.85. The molecule has 0 aromatic rings. The topological polar surface area (TPSA) is 149 Å². The molecule has 0 spiro atoms. The molecule has 9 nitrogen and oxygen atoms in total. The first-order valence-electron chi connectivity index (χ1n) is 18.4. The lowest BCUT2D eigenvalue weighted by atomic mass is 9.99. The Kier molecular flexibility index (Phi) is 26.7. The summed E-state index contributed by atoms with van der Waals surface area (Å²) in [5.41, 5.74) is 0. The van der Waals surface area contributed by atoms with E-state index < -0.39 is 49.5 Å². The van der Waals surface area contributed by atoms with Crippen LogP contribution in [0.5, 0.6) is 0 Å². The average Bonchev–Trinajstić information content (AvgIpc) is 3.07. The lowest BCUT2D eigenvalue weighted by molar-refractivity contribution is -0.302. The van der Waals surface area contributed by atoms with Gasteiger partial charge in [-0.1, -0.05) is 107 Å². The van der Waals surface area contributed by atoms with Gasteiger partial charge in [-0.05, 0) is 64.2 Å². The van der Waals surface area contributed by atoms with Crippen LogP contribution in [0.25, 0.3) is 0 Å². The van der Waals surface area contributed by atoms with Gasteiger partial charge in [-0.3, -0.25) is 4.79 Å². The molecule has 0 aromatic heterocycles. The lowest BCUT2D eigenvalue weighted by Gasteiger charge is -2.40. The van der Waals surface area contributed by atoms with Crippen molar-refractivity contribution in [2.75, 3.05) is 13.2 Å². The summed E-state index contributed by atoms with van der Waals surface area (Å²) in [5.74, 6) is -0.207. The van der Waals surface area contributed by atoms with Crippen molar-refractivity contribution in [2.24, 2.45) is 0 Å². The number of hydrogen-bond donors (Lipinski definition) is 6. The van der Waals surface area contributed by atoms with E-state index in [9.17, 15) is 30.3 Å². The monoisotopic (exact) mass is 665 g/mol. The van der Waals surface area contributed by atoms with Gasteiger partial charge in [0.15, 0.2) is 6.29 Å². The van der Waals surface area contributed by atoms with Gasteiger partial charge in [-0.2, -0.15) is 0 Å². The Morgan fingerprint density at radius 3 is 1.85 bits per heavy atom. The molecule has 1 rings (SSSR count). The van der Waals surface area contributed by atoms with Crippen LogP contribution in [0.1, 0.15) is 129 Å². The van der Waals surface area contributed by atoms with E-state index in [1.807, 2.05) is 6.08 Å². The Labute approximate surface area is 284 Å². The average molecular weight is 666 g/mol. The van der Waals surface area contributed by atoms with E-state index in [2.05, 4.69) is 55.6 Å². The highest BCUT2D eigenvalue weighted by Crippen LogP contribution is 2.22. The minimum absolute atomic E-state index is 0.207. The summed E-state index contributed by atoms with van der Waals surface area (Å²) in [6, 6.07) is -0.828. The van der Waals surface area contributed by atoms with Gasteiger partial charge in [-0.25, -0.2) is 0 Å². The molecule has 7 atom stereocenters. The van der Waals surface area contributed by atoms with Crippen molar-refractivity contribution in [2.45, 2.75) is 172 Å². The molecular formula is C38H67NO8. The second kappa shape index (κ2) is 29.1. The number of rotatable bonds is 28. The summed E-state index contributed by atoms with van der Waals surface area (Å²) in [4.78, 5) is 12.8. The Balaban J connectivity index is 2.54. The maximum Gasteiger partial charge on any atom is 0.220 e. The summed E-state index contributed by atoms with van der Waals surface area (Å²) in [5, 5.41) is 53.7. The molecule has 1 fully saturated rings.